The van der Waals surface area contributed by atoms with Crippen molar-refractivity contribution in [2.75, 3.05) is 12.4 Å². The van der Waals surface area contributed by atoms with Gasteiger partial charge in [0.05, 0.1) is 12.8 Å². The lowest BCUT2D eigenvalue weighted by molar-refractivity contribution is -0.116. The smallest absolute Gasteiger partial charge is 0.270 e. The highest BCUT2D eigenvalue weighted by Gasteiger charge is 2.25. The molecule has 1 amide bonds. The number of rotatable bonds is 5. The summed E-state index contributed by atoms with van der Waals surface area (Å²) in [5, 5.41) is 2.58. The van der Waals surface area contributed by atoms with Crippen LogP contribution in [0.5, 0.6) is 5.75 Å². The van der Waals surface area contributed by atoms with E-state index in [1.807, 2.05) is 6.92 Å². The molecule has 100 valence electrons. The Balaban J connectivity index is 3.03. The van der Waals surface area contributed by atoms with Crippen molar-refractivity contribution in [1.82, 2.24) is 0 Å². The first-order chi connectivity index (χ1) is 8.38. The number of methoxy groups -OCH3 is 1. The molecule has 0 saturated carbocycles. The molecule has 0 aromatic heterocycles. The maximum absolute atomic E-state index is 13.2. The van der Waals surface area contributed by atoms with Crippen LogP contribution in [-0.4, -0.2) is 13.0 Å². The number of carbonyl (C=O) groups is 1. The summed E-state index contributed by atoms with van der Waals surface area (Å²) >= 11 is 0. The minimum absolute atomic E-state index is 0.157. The van der Waals surface area contributed by atoms with E-state index >= 15 is 0 Å². The molecule has 1 N–H and O–H groups in total. The molecule has 0 saturated heterocycles. The zero-order valence-corrected chi connectivity index (χ0v) is 10.7. The third-order valence-corrected chi connectivity index (χ3v) is 2.46. The van der Waals surface area contributed by atoms with Gasteiger partial charge in [0.25, 0.3) is 5.92 Å². The van der Waals surface area contributed by atoms with Gasteiger partial charge in [0, 0.05) is 18.9 Å². The number of hydrogen-bond acceptors (Lipinski definition) is 2. The maximum atomic E-state index is 13.2. The van der Waals surface area contributed by atoms with Crippen molar-refractivity contribution in [2.24, 2.45) is 0 Å². The van der Waals surface area contributed by atoms with Gasteiger partial charge in [-0.25, -0.2) is 8.78 Å². The van der Waals surface area contributed by atoms with Gasteiger partial charge in [-0.15, -0.1) is 0 Å². The number of halogens is 2. The molecule has 0 unspecified atom stereocenters. The summed E-state index contributed by atoms with van der Waals surface area (Å²) in [7, 11) is 1.43. The fourth-order valence-corrected chi connectivity index (χ4v) is 1.52. The zero-order chi connectivity index (χ0) is 13.8. The van der Waals surface area contributed by atoms with Crippen molar-refractivity contribution in [3.05, 3.63) is 23.8 Å². The van der Waals surface area contributed by atoms with Crippen molar-refractivity contribution in [2.45, 2.75) is 32.6 Å². The van der Waals surface area contributed by atoms with Crippen LogP contribution in [0.1, 0.15) is 32.3 Å². The quantitative estimate of drug-likeness (QED) is 0.876. The van der Waals surface area contributed by atoms with Gasteiger partial charge in [-0.3, -0.25) is 4.79 Å². The Bertz CT molecular complexity index is 427. The van der Waals surface area contributed by atoms with Crippen molar-refractivity contribution >= 4 is 11.6 Å². The van der Waals surface area contributed by atoms with Crippen LogP contribution in [0.25, 0.3) is 0 Å². The van der Waals surface area contributed by atoms with E-state index in [1.54, 1.807) is 0 Å². The number of carbonyl (C=O) groups excluding carboxylic acids is 1. The molecule has 0 aliphatic rings. The second-order valence-corrected chi connectivity index (χ2v) is 4.10. The normalized spacial score (nSPS) is 11.2. The molecular formula is C13H17F2NO2. The van der Waals surface area contributed by atoms with Gasteiger partial charge in [-0.1, -0.05) is 6.92 Å². The van der Waals surface area contributed by atoms with Gasteiger partial charge in [0.15, 0.2) is 0 Å². The molecule has 0 spiro atoms. The highest BCUT2D eigenvalue weighted by atomic mass is 19.3. The summed E-state index contributed by atoms with van der Waals surface area (Å²) in [4.78, 5) is 11.5. The molecule has 5 heteroatoms. The number of ether oxygens (including phenoxy) is 1. The van der Waals surface area contributed by atoms with E-state index < -0.39 is 5.92 Å². The molecule has 1 rings (SSSR count). The van der Waals surface area contributed by atoms with Crippen molar-refractivity contribution in [1.29, 1.82) is 0 Å². The summed E-state index contributed by atoms with van der Waals surface area (Å²) in [6.07, 6.45) is 1.04. The van der Waals surface area contributed by atoms with Crippen molar-refractivity contribution in [3.63, 3.8) is 0 Å². The molecule has 0 heterocycles. The third-order valence-electron chi connectivity index (χ3n) is 2.46. The summed E-state index contributed by atoms with van der Waals surface area (Å²) < 4.78 is 31.4. The summed E-state index contributed by atoms with van der Waals surface area (Å²) in [6.45, 7) is 2.68. The first kappa shape index (κ1) is 14.4. The minimum atomic E-state index is -2.95. The SMILES string of the molecule is CCCC(=O)Nc1cc(C(C)(F)F)ccc1OC. The first-order valence-corrected chi connectivity index (χ1v) is 5.74. The van der Waals surface area contributed by atoms with Gasteiger partial charge in [0.1, 0.15) is 5.75 Å². The largest absolute Gasteiger partial charge is 0.495 e. The average molecular weight is 257 g/mol. The Kier molecular flexibility index (Phi) is 4.64. The van der Waals surface area contributed by atoms with Gasteiger partial charge in [0.2, 0.25) is 5.91 Å². The van der Waals surface area contributed by atoms with E-state index in [4.69, 9.17) is 4.74 Å². The van der Waals surface area contributed by atoms with Crippen LogP contribution in [0.3, 0.4) is 0 Å². The van der Waals surface area contributed by atoms with E-state index in [2.05, 4.69) is 5.32 Å². The Morgan fingerprint density at radius 3 is 2.61 bits per heavy atom. The van der Waals surface area contributed by atoms with E-state index in [-0.39, 0.29) is 17.2 Å². The molecule has 18 heavy (non-hydrogen) atoms. The second-order valence-electron chi connectivity index (χ2n) is 4.10. The molecule has 1 aromatic carbocycles. The molecule has 0 radical (unpaired) electrons. The number of hydrogen-bond donors (Lipinski definition) is 1. The lowest BCUT2D eigenvalue weighted by Crippen LogP contribution is -2.13. The van der Waals surface area contributed by atoms with Crippen LogP contribution in [0.4, 0.5) is 14.5 Å². The van der Waals surface area contributed by atoms with Crippen molar-refractivity contribution < 1.29 is 18.3 Å². The van der Waals surface area contributed by atoms with E-state index in [0.29, 0.717) is 18.6 Å². The Morgan fingerprint density at radius 1 is 1.44 bits per heavy atom. The average Bonchev–Trinajstić information content (AvgIpc) is 2.28. The van der Waals surface area contributed by atoms with Crippen molar-refractivity contribution in [3.8, 4) is 5.75 Å². The predicted molar refractivity (Wildman–Crippen MR) is 66.1 cm³/mol. The fourth-order valence-electron chi connectivity index (χ4n) is 1.52. The lowest BCUT2D eigenvalue weighted by Gasteiger charge is -2.15. The van der Waals surface area contributed by atoms with Crippen LogP contribution >= 0.6 is 0 Å². The first-order valence-electron chi connectivity index (χ1n) is 5.74. The molecule has 0 fully saturated rings. The van der Waals surface area contributed by atoms with Gasteiger partial charge in [-0.05, 0) is 24.6 Å². The van der Waals surface area contributed by atoms with Crippen LogP contribution in [-0.2, 0) is 10.7 Å². The lowest BCUT2D eigenvalue weighted by atomic mass is 10.1. The molecule has 0 aliphatic carbocycles. The molecule has 3 nitrogen and oxygen atoms in total. The second kappa shape index (κ2) is 5.80. The highest BCUT2D eigenvalue weighted by molar-refractivity contribution is 5.92. The molecule has 0 bridgehead atoms. The van der Waals surface area contributed by atoms with Crippen LogP contribution in [0.2, 0.25) is 0 Å². The van der Waals surface area contributed by atoms with Gasteiger partial charge in [-0.2, -0.15) is 0 Å². The number of nitrogens with one attached hydrogen (secondary N) is 1. The number of anilines is 1. The molecular weight excluding hydrogens is 240 g/mol. The third kappa shape index (κ3) is 3.68. The minimum Gasteiger partial charge on any atom is -0.495 e. The van der Waals surface area contributed by atoms with E-state index in [0.717, 1.165) is 6.92 Å². The fraction of sp³-hybridized carbons (Fsp3) is 0.462. The van der Waals surface area contributed by atoms with Crippen LogP contribution in [0, 0.1) is 0 Å². The summed E-state index contributed by atoms with van der Waals surface area (Å²) in [5.74, 6) is -2.80. The topological polar surface area (TPSA) is 38.3 Å². The highest BCUT2D eigenvalue weighted by Crippen LogP contribution is 2.33. The summed E-state index contributed by atoms with van der Waals surface area (Å²) in [6, 6.07) is 3.95. The molecule has 1 aromatic rings. The number of alkyl halides is 2. The monoisotopic (exact) mass is 257 g/mol. The zero-order valence-electron chi connectivity index (χ0n) is 10.7. The van der Waals surface area contributed by atoms with Gasteiger partial charge >= 0.3 is 0 Å². The maximum Gasteiger partial charge on any atom is 0.270 e. The molecule has 0 atom stereocenters. The standard InChI is InChI=1S/C13H17F2NO2/c1-4-5-12(17)16-10-8-9(13(2,14)15)6-7-11(10)18-3/h6-8H,4-5H2,1-3H3,(H,16,17). The van der Waals surface area contributed by atoms with E-state index in [9.17, 15) is 13.6 Å². The molecule has 0 aliphatic heterocycles. The van der Waals surface area contributed by atoms with E-state index in [1.165, 1.54) is 25.3 Å². The number of benzene rings is 1. The van der Waals surface area contributed by atoms with Crippen LogP contribution in [0.15, 0.2) is 18.2 Å². The van der Waals surface area contributed by atoms with Crippen LogP contribution < -0.4 is 10.1 Å². The Labute approximate surface area is 105 Å². The van der Waals surface area contributed by atoms with Gasteiger partial charge < -0.3 is 10.1 Å². The predicted octanol–water partition coefficient (Wildman–Crippen LogP) is 3.55. The number of amides is 1. The Hall–Kier alpha value is -1.65. The Morgan fingerprint density at radius 2 is 2.11 bits per heavy atom. The summed E-state index contributed by atoms with van der Waals surface area (Å²) in [5.41, 5.74) is 0.116.